The third kappa shape index (κ3) is 3.04. The molecular weight excluding hydrogens is 314 g/mol. The van der Waals surface area contributed by atoms with Gasteiger partial charge in [-0.3, -0.25) is 14.9 Å². The van der Waals surface area contributed by atoms with Crippen LogP contribution in [0.1, 0.15) is 5.56 Å². The Labute approximate surface area is 130 Å². The number of rotatable bonds is 3. The minimum atomic E-state index is -0.676. The third-order valence-electron chi connectivity index (χ3n) is 2.67. The number of thiocarbonyl (C=S) groups is 1. The highest BCUT2D eigenvalue weighted by atomic mass is 32.2. The van der Waals surface area contributed by atoms with Gasteiger partial charge in [0.1, 0.15) is 0 Å². The van der Waals surface area contributed by atoms with Gasteiger partial charge in [-0.15, -0.1) is 0 Å². The van der Waals surface area contributed by atoms with Gasteiger partial charge in [-0.1, -0.05) is 24.0 Å². The average Bonchev–Trinajstić information content (AvgIpc) is 2.63. The number of amides is 1. The van der Waals surface area contributed by atoms with Crippen LogP contribution in [-0.2, 0) is 4.79 Å². The lowest BCUT2D eigenvalue weighted by atomic mass is 10.1. The molecule has 110 valence electrons. The zero-order valence-electron chi connectivity index (χ0n) is 11.1. The first-order valence-electron chi connectivity index (χ1n) is 5.74. The Morgan fingerprint density at radius 1 is 1.48 bits per heavy atom. The zero-order valence-corrected chi connectivity index (χ0v) is 12.8. The van der Waals surface area contributed by atoms with Crippen molar-refractivity contribution in [2.24, 2.45) is 0 Å². The molecule has 1 N–H and O–H groups in total. The molecule has 1 saturated heterocycles. The van der Waals surface area contributed by atoms with E-state index in [1.165, 1.54) is 29.3 Å². The van der Waals surface area contributed by atoms with Crippen LogP contribution in [-0.4, -0.2) is 44.4 Å². The summed E-state index contributed by atoms with van der Waals surface area (Å²) < 4.78 is 0.405. The van der Waals surface area contributed by atoms with E-state index in [2.05, 4.69) is 0 Å². The molecule has 0 atom stereocenters. The van der Waals surface area contributed by atoms with Crippen molar-refractivity contribution in [3.05, 3.63) is 38.8 Å². The Bertz CT molecular complexity index is 672. The van der Waals surface area contributed by atoms with Gasteiger partial charge in [-0.25, -0.2) is 10.0 Å². The molecule has 1 aliphatic heterocycles. The molecule has 21 heavy (non-hydrogen) atoms. The van der Waals surface area contributed by atoms with Crippen LogP contribution < -0.4 is 0 Å². The number of hydrogen-bond donors (Lipinski definition) is 1. The van der Waals surface area contributed by atoms with Gasteiger partial charge in [0, 0.05) is 20.2 Å². The monoisotopic (exact) mass is 325 g/mol. The number of carbonyl (C=O) groups is 1. The summed E-state index contributed by atoms with van der Waals surface area (Å²) in [5.41, 5.74) is 0.102. The summed E-state index contributed by atoms with van der Waals surface area (Å²) in [6.07, 6.45) is 1.53. The van der Waals surface area contributed by atoms with Crippen LogP contribution in [0.3, 0.4) is 0 Å². The van der Waals surface area contributed by atoms with Crippen molar-refractivity contribution in [1.29, 1.82) is 0 Å². The standard InChI is InChI=1S/C12H11N3O4S2/c1-13(2)14-11(17)10(21-12(14)20)6-7-3-4-8(15(18)19)9(16)5-7/h3-6,16H,1-2H3/b10-6+. The number of hydrazine groups is 1. The van der Waals surface area contributed by atoms with E-state index in [1.54, 1.807) is 19.1 Å². The number of thioether (sulfide) groups is 1. The first kappa shape index (κ1) is 15.4. The number of phenols is 1. The quantitative estimate of drug-likeness (QED) is 0.393. The highest BCUT2D eigenvalue weighted by Gasteiger charge is 2.33. The molecular formula is C12H11N3O4S2. The molecule has 2 rings (SSSR count). The van der Waals surface area contributed by atoms with Crippen LogP contribution >= 0.6 is 24.0 Å². The van der Waals surface area contributed by atoms with Gasteiger partial charge in [0.05, 0.1) is 9.83 Å². The molecule has 0 radical (unpaired) electrons. The van der Waals surface area contributed by atoms with E-state index in [1.807, 2.05) is 0 Å². The highest BCUT2D eigenvalue weighted by Crippen LogP contribution is 2.34. The van der Waals surface area contributed by atoms with E-state index in [0.29, 0.717) is 14.8 Å². The molecule has 0 bridgehead atoms. The number of carbonyl (C=O) groups excluding carboxylic acids is 1. The number of benzene rings is 1. The number of aromatic hydroxyl groups is 1. The maximum absolute atomic E-state index is 12.2. The predicted octanol–water partition coefficient (Wildman–Crippen LogP) is 1.98. The smallest absolute Gasteiger partial charge is 0.310 e. The van der Waals surface area contributed by atoms with Crippen molar-refractivity contribution in [2.75, 3.05) is 14.1 Å². The van der Waals surface area contributed by atoms with Gasteiger partial charge >= 0.3 is 5.69 Å². The molecule has 0 aliphatic carbocycles. The van der Waals surface area contributed by atoms with Crippen molar-refractivity contribution >= 4 is 46.0 Å². The van der Waals surface area contributed by atoms with Crippen LogP contribution in [0.4, 0.5) is 5.69 Å². The predicted molar refractivity (Wildman–Crippen MR) is 83.5 cm³/mol. The second kappa shape index (κ2) is 5.80. The van der Waals surface area contributed by atoms with E-state index < -0.39 is 10.7 Å². The van der Waals surface area contributed by atoms with E-state index in [9.17, 15) is 20.0 Å². The highest BCUT2D eigenvalue weighted by molar-refractivity contribution is 8.26. The summed E-state index contributed by atoms with van der Waals surface area (Å²) in [6.45, 7) is 0. The summed E-state index contributed by atoms with van der Waals surface area (Å²) in [6, 6.07) is 3.88. The van der Waals surface area contributed by atoms with Crippen molar-refractivity contribution in [1.82, 2.24) is 10.0 Å². The SMILES string of the molecule is CN(C)N1C(=O)/C(=C\c2ccc([N+](=O)[O-])c(O)c2)SC1=S. The molecule has 1 heterocycles. The maximum atomic E-state index is 12.2. The van der Waals surface area contributed by atoms with Gasteiger partial charge in [0.2, 0.25) is 0 Å². The van der Waals surface area contributed by atoms with Crippen molar-refractivity contribution in [3.63, 3.8) is 0 Å². The van der Waals surface area contributed by atoms with Gasteiger partial charge in [0.25, 0.3) is 5.91 Å². The van der Waals surface area contributed by atoms with Crippen LogP contribution in [0, 0.1) is 10.1 Å². The molecule has 0 unspecified atom stereocenters. The minimum Gasteiger partial charge on any atom is -0.502 e. The molecule has 1 aromatic carbocycles. The zero-order chi connectivity index (χ0) is 15.7. The largest absolute Gasteiger partial charge is 0.502 e. The Balaban J connectivity index is 2.33. The Hall–Kier alpha value is -1.97. The fourth-order valence-corrected chi connectivity index (χ4v) is 3.15. The van der Waals surface area contributed by atoms with E-state index in [-0.39, 0.29) is 11.6 Å². The summed E-state index contributed by atoms with van der Waals surface area (Å²) in [4.78, 5) is 22.5. The molecule has 7 nitrogen and oxygen atoms in total. The molecule has 1 fully saturated rings. The second-order valence-corrected chi connectivity index (χ2v) is 6.02. The molecule has 0 spiro atoms. The fraction of sp³-hybridized carbons (Fsp3) is 0.167. The lowest BCUT2D eigenvalue weighted by Gasteiger charge is -2.21. The third-order valence-corrected chi connectivity index (χ3v) is 3.95. The molecule has 1 amide bonds. The lowest BCUT2D eigenvalue weighted by Crippen LogP contribution is -2.39. The van der Waals surface area contributed by atoms with Crippen molar-refractivity contribution in [2.45, 2.75) is 0 Å². The average molecular weight is 325 g/mol. The van der Waals surface area contributed by atoms with Crippen LogP contribution in [0.25, 0.3) is 6.08 Å². The normalized spacial score (nSPS) is 17.1. The Morgan fingerprint density at radius 2 is 2.14 bits per heavy atom. The Kier molecular flexibility index (Phi) is 4.26. The van der Waals surface area contributed by atoms with Crippen LogP contribution in [0.5, 0.6) is 5.75 Å². The number of nitro groups is 1. The lowest BCUT2D eigenvalue weighted by molar-refractivity contribution is -0.385. The van der Waals surface area contributed by atoms with Crippen molar-refractivity contribution in [3.8, 4) is 5.75 Å². The van der Waals surface area contributed by atoms with Crippen LogP contribution in [0.15, 0.2) is 23.1 Å². The second-order valence-electron chi connectivity index (χ2n) is 4.35. The van der Waals surface area contributed by atoms with E-state index >= 15 is 0 Å². The summed E-state index contributed by atoms with van der Waals surface area (Å²) in [5, 5.41) is 23.1. The van der Waals surface area contributed by atoms with Gasteiger partial charge < -0.3 is 5.11 Å². The summed E-state index contributed by atoms with van der Waals surface area (Å²) >= 11 is 6.25. The number of hydrogen-bond acceptors (Lipinski definition) is 7. The maximum Gasteiger partial charge on any atom is 0.310 e. The van der Waals surface area contributed by atoms with E-state index in [4.69, 9.17) is 12.2 Å². The molecule has 0 saturated carbocycles. The number of phenolic OH excluding ortho intramolecular Hbond substituents is 1. The summed E-state index contributed by atoms with van der Waals surface area (Å²) in [7, 11) is 3.40. The first-order valence-corrected chi connectivity index (χ1v) is 6.96. The number of nitro benzene ring substituents is 1. The van der Waals surface area contributed by atoms with Gasteiger partial charge in [-0.05, 0) is 23.8 Å². The number of nitrogens with zero attached hydrogens (tertiary/aromatic N) is 3. The van der Waals surface area contributed by atoms with Gasteiger partial charge in [0.15, 0.2) is 10.1 Å². The fourth-order valence-electron chi connectivity index (χ4n) is 1.74. The summed E-state index contributed by atoms with van der Waals surface area (Å²) in [5.74, 6) is -0.718. The van der Waals surface area contributed by atoms with Crippen LogP contribution in [0.2, 0.25) is 0 Å². The molecule has 9 heteroatoms. The minimum absolute atomic E-state index is 0.271. The molecule has 0 aromatic heterocycles. The van der Waals surface area contributed by atoms with Gasteiger partial charge in [-0.2, -0.15) is 0 Å². The topological polar surface area (TPSA) is 86.9 Å². The molecule has 1 aliphatic rings. The van der Waals surface area contributed by atoms with Crippen molar-refractivity contribution < 1.29 is 14.8 Å². The Morgan fingerprint density at radius 3 is 2.62 bits per heavy atom. The molecule has 1 aromatic rings. The van der Waals surface area contributed by atoms with E-state index in [0.717, 1.165) is 11.8 Å². The first-order chi connectivity index (χ1) is 9.81.